The number of fused-ring (bicyclic) bond motifs is 1. The molecule has 0 spiro atoms. The third-order valence-electron chi connectivity index (χ3n) is 5.77. The molecule has 5 rings (SSSR count). The summed E-state index contributed by atoms with van der Waals surface area (Å²) in [4.78, 5) is 50.6. The van der Waals surface area contributed by atoms with E-state index in [-0.39, 0.29) is 34.5 Å². The Balaban J connectivity index is 1.53. The number of carbonyl (C=O) groups is 2. The molecule has 0 saturated heterocycles. The largest absolute Gasteiger partial charge is 0.324 e. The van der Waals surface area contributed by atoms with Crippen LogP contribution in [-0.4, -0.2) is 31.3 Å². The number of halogens is 1. The highest BCUT2D eigenvalue weighted by molar-refractivity contribution is 6.33. The zero-order valence-electron chi connectivity index (χ0n) is 17.1. The lowest BCUT2D eigenvalue weighted by Crippen LogP contribution is -2.46. The van der Waals surface area contributed by atoms with Crippen LogP contribution in [0.1, 0.15) is 47.1 Å². The monoisotopic (exact) mass is 450 g/mol. The molecule has 1 atom stereocenters. The van der Waals surface area contributed by atoms with Gasteiger partial charge in [-0.15, -0.1) is 0 Å². The van der Waals surface area contributed by atoms with Crippen LogP contribution in [0.2, 0.25) is 5.02 Å². The molecular formula is C22H19ClN6O3. The lowest BCUT2D eigenvalue weighted by molar-refractivity contribution is -0.117. The summed E-state index contributed by atoms with van der Waals surface area (Å²) in [6.45, 7) is 1.73. The zero-order valence-corrected chi connectivity index (χ0v) is 17.9. The van der Waals surface area contributed by atoms with Crippen LogP contribution >= 0.6 is 11.6 Å². The second kappa shape index (κ2) is 7.52. The SMILES string of the molecule is CC1(c2cccnc2)NC(=O)c2c(Cl)cc(Cc3cc(NC(=O)C4CC4)ncn3)c(=O)n21. The maximum Gasteiger partial charge on any atom is 0.271 e. The fourth-order valence-corrected chi connectivity index (χ4v) is 4.22. The predicted octanol–water partition coefficient (Wildman–Crippen LogP) is 2.09. The van der Waals surface area contributed by atoms with E-state index in [1.54, 1.807) is 37.5 Å². The summed E-state index contributed by atoms with van der Waals surface area (Å²) in [7, 11) is 0. The van der Waals surface area contributed by atoms with Gasteiger partial charge < -0.3 is 10.6 Å². The van der Waals surface area contributed by atoms with Gasteiger partial charge in [0.15, 0.2) is 0 Å². The molecular weight excluding hydrogens is 432 g/mol. The molecule has 1 unspecified atom stereocenters. The van der Waals surface area contributed by atoms with E-state index in [0.29, 0.717) is 22.6 Å². The highest BCUT2D eigenvalue weighted by Crippen LogP contribution is 2.32. The first kappa shape index (κ1) is 20.3. The standard InChI is InChI=1S/C22H19ClN6O3/c1-22(14-3-2-6-24-10-14)28-20(31)18-16(23)8-13(21(32)29(18)22)7-15-9-17(26-11-25-15)27-19(30)12-4-5-12/h2-3,6,8-12H,4-5,7H2,1H3,(H,28,31)(H,25,26,27,30). The lowest BCUT2D eigenvalue weighted by atomic mass is 10.0. The van der Waals surface area contributed by atoms with Crippen LogP contribution < -0.4 is 16.2 Å². The Kier molecular flexibility index (Phi) is 4.78. The number of rotatable bonds is 5. The van der Waals surface area contributed by atoms with Crippen molar-refractivity contribution in [2.24, 2.45) is 5.92 Å². The first-order valence-corrected chi connectivity index (χ1v) is 10.5. The molecule has 1 fully saturated rings. The second-order valence-electron chi connectivity index (χ2n) is 8.11. The van der Waals surface area contributed by atoms with Gasteiger partial charge in [0, 0.05) is 41.9 Å². The Hall–Kier alpha value is -3.59. The Morgan fingerprint density at radius 1 is 1.31 bits per heavy atom. The summed E-state index contributed by atoms with van der Waals surface area (Å²) in [5.41, 5.74) is 0.160. The highest BCUT2D eigenvalue weighted by Gasteiger charge is 2.43. The van der Waals surface area contributed by atoms with Gasteiger partial charge in [0.1, 0.15) is 23.5 Å². The molecule has 0 aromatic carbocycles. The number of carbonyl (C=O) groups excluding carboxylic acids is 2. The van der Waals surface area contributed by atoms with Crippen LogP contribution in [-0.2, 0) is 16.9 Å². The minimum atomic E-state index is -1.13. The number of nitrogens with one attached hydrogen (secondary N) is 2. The van der Waals surface area contributed by atoms with Crippen LogP contribution in [0.3, 0.4) is 0 Å². The van der Waals surface area contributed by atoms with Gasteiger partial charge in [-0.3, -0.25) is 23.9 Å². The Morgan fingerprint density at radius 3 is 2.84 bits per heavy atom. The van der Waals surface area contributed by atoms with E-state index in [1.807, 2.05) is 0 Å². The number of pyridine rings is 2. The molecule has 1 saturated carbocycles. The average molecular weight is 451 g/mol. The number of hydrogen-bond acceptors (Lipinski definition) is 6. The van der Waals surface area contributed by atoms with Gasteiger partial charge >= 0.3 is 0 Å². The van der Waals surface area contributed by atoms with E-state index < -0.39 is 11.6 Å². The molecule has 4 heterocycles. The van der Waals surface area contributed by atoms with Gasteiger partial charge in [-0.2, -0.15) is 0 Å². The van der Waals surface area contributed by atoms with Crippen LogP contribution in [0.25, 0.3) is 0 Å². The van der Waals surface area contributed by atoms with E-state index in [2.05, 4.69) is 25.6 Å². The summed E-state index contributed by atoms with van der Waals surface area (Å²) < 4.78 is 1.38. The van der Waals surface area contributed by atoms with Gasteiger partial charge in [-0.25, -0.2) is 9.97 Å². The number of anilines is 1. The molecule has 0 radical (unpaired) electrons. The summed E-state index contributed by atoms with van der Waals surface area (Å²) in [5.74, 6) is -0.0655. The summed E-state index contributed by atoms with van der Waals surface area (Å²) in [6.07, 6.45) is 6.49. The third kappa shape index (κ3) is 3.44. The maximum atomic E-state index is 13.5. The minimum Gasteiger partial charge on any atom is -0.324 e. The van der Waals surface area contributed by atoms with Crippen molar-refractivity contribution in [1.29, 1.82) is 0 Å². The van der Waals surface area contributed by atoms with Gasteiger partial charge in [0.25, 0.3) is 11.5 Å². The predicted molar refractivity (Wildman–Crippen MR) is 116 cm³/mol. The van der Waals surface area contributed by atoms with E-state index >= 15 is 0 Å². The van der Waals surface area contributed by atoms with Crippen LogP contribution in [0, 0.1) is 5.92 Å². The normalized spacial score (nSPS) is 19.4. The van der Waals surface area contributed by atoms with Crippen molar-refractivity contribution in [2.45, 2.75) is 31.8 Å². The van der Waals surface area contributed by atoms with Crippen molar-refractivity contribution in [2.75, 3.05) is 5.32 Å². The van der Waals surface area contributed by atoms with Crippen molar-refractivity contribution in [1.82, 2.24) is 24.8 Å². The molecule has 1 aliphatic heterocycles. The summed E-state index contributed by atoms with van der Waals surface area (Å²) >= 11 is 6.44. The molecule has 3 aromatic heterocycles. The molecule has 32 heavy (non-hydrogen) atoms. The van der Waals surface area contributed by atoms with Crippen LogP contribution in [0.15, 0.2) is 47.8 Å². The lowest BCUT2D eigenvalue weighted by Gasteiger charge is -2.27. The molecule has 1 aliphatic carbocycles. The van der Waals surface area contributed by atoms with Crippen molar-refractivity contribution < 1.29 is 9.59 Å². The Morgan fingerprint density at radius 2 is 2.12 bits per heavy atom. The Bertz CT molecular complexity index is 1300. The molecule has 3 aromatic rings. The molecule has 2 aliphatic rings. The van der Waals surface area contributed by atoms with E-state index in [9.17, 15) is 14.4 Å². The molecule has 2 amide bonds. The van der Waals surface area contributed by atoms with Gasteiger partial charge in [0.2, 0.25) is 5.91 Å². The molecule has 0 bridgehead atoms. The van der Waals surface area contributed by atoms with E-state index in [4.69, 9.17) is 11.6 Å². The summed E-state index contributed by atoms with van der Waals surface area (Å²) in [6, 6.07) is 6.65. The fourth-order valence-electron chi connectivity index (χ4n) is 3.92. The van der Waals surface area contributed by atoms with Crippen molar-refractivity contribution in [3.8, 4) is 0 Å². The van der Waals surface area contributed by atoms with Gasteiger partial charge in [-0.1, -0.05) is 17.7 Å². The van der Waals surface area contributed by atoms with Crippen LogP contribution in [0.4, 0.5) is 5.82 Å². The number of nitrogens with zero attached hydrogens (tertiary/aromatic N) is 4. The highest BCUT2D eigenvalue weighted by atomic mass is 35.5. The van der Waals surface area contributed by atoms with Gasteiger partial charge in [0.05, 0.1) is 10.7 Å². The Labute approximate surface area is 187 Å². The molecule has 10 heteroatoms. The van der Waals surface area contributed by atoms with Crippen molar-refractivity contribution in [3.63, 3.8) is 0 Å². The number of hydrogen-bond donors (Lipinski definition) is 2. The van der Waals surface area contributed by atoms with Crippen molar-refractivity contribution in [3.05, 3.63) is 80.9 Å². The second-order valence-corrected chi connectivity index (χ2v) is 8.52. The van der Waals surface area contributed by atoms with Gasteiger partial charge in [-0.05, 0) is 31.9 Å². The zero-order chi connectivity index (χ0) is 22.5. The molecule has 162 valence electrons. The average Bonchev–Trinajstić information content (AvgIpc) is 3.58. The molecule has 9 nitrogen and oxygen atoms in total. The minimum absolute atomic E-state index is 0.0452. The third-order valence-corrected chi connectivity index (χ3v) is 6.05. The maximum absolute atomic E-state index is 13.5. The first-order valence-electron chi connectivity index (χ1n) is 10.2. The topological polar surface area (TPSA) is 119 Å². The van der Waals surface area contributed by atoms with E-state index in [0.717, 1.165) is 12.8 Å². The fraction of sp³-hybridized carbons (Fsp3) is 0.273. The van der Waals surface area contributed by atoms with E-state index in [1.165, 1.54) is 17.0 Å². The first-order chi connectivity index (χ1) is 15.4. The quantitative estimate of drug-likeness (QED) is 0.614. The van der Waals surface area contributed by atoms with Crippen molar-refractivity contribution >= 4 is 29.2 Å². The molecule has 2 N–H and O–H groups in total. The number of aromatic nitrogens is 4. The smallest absolute Gasteiger partial charge is 0.271 e. The number of amides is 2. The van der Waals surface area contributed by atoms with Crippen LogP contribution in [0.5, 0.6) is 0 Å². The summed E-state index contributed by atoms with van der Waals surface area (Å²) in [5, 5.41) is 5.80.